The van der Waals surface area contributed by atoms with Crippen LogP contribution in [0.25, 0.3) is 5.57 Å². The minimum atomic E-state index is -0.541. The second kappa shape index (κ2) is 10.8. The van der Waals surface area contributed by atoms with Crippen LogP contribution in [0.15, 0.2) is 37.0 Å². The zero-order valence-corrected chi connectivity index (χ0v) is 19.2. The zero-order chi connectivity index (χ0) is 24.0. The highest BCUT2D eigenvalue weighted by Gasteiger charge is 2.25. The van der Waals surface area contributed by atoms with E-state index in [4.69, 9.17) is 5.73 Å². The Labute approximate surface area is 193 Å². The standard InChI is InChI=1S/C23H31N7O3/c1-4-9-30-15-21(27(3)23(33)25-16-31)26-22(30)29-12-10-28(11-13-29)14-20(32)17(2)18-7-5-6-8-19(18)24/h5-8,15-16H,2,4,9-14,24H2,1,3H3,(H,25,31,33). The number of nitrogens with zero attached hydrogens (tertiary/aromatic N) is 5. The van der Waals surface area contributed by atoms with Crippen LogP contribution in [0.3, 0.4) is 0 Å². The maximum absolute atomic E-state index is 12.8. The molecule has 10 nitrogen and oxygen atoms in total. The molecule has 0 bridgehead atoms. The molecule has 1 aromatic heterocycles. The van der Waals surface area contributed by atoms with Crippen molar-refractivity contribution in [3.8, 4) is 0 Å². The third kappa shape index (κ3) is 5.58. The smallest absolute Gasteiger partial charge is 0.329 e. The summed E-state index contributed by atoms with van der Waals surface area (Å²) in [5, 5.41) is 2.12. The van der Waals surface area contributed by atoms with E-state index in [1.165, 1.54) is 4.90 Å². The number of anilines is 3. The van der Waals surface area contributed by atoms with Crippen molar-refractivity contribution in [1.29, 1.82) is 0 Å². The second-order valence-electron chi connectivity index (χ2n) is 7.97. The molecule has 0 saturated carbocycles. The molecule has 0 unspecified atom stereocenters. The molecule has 33 heavy (non-hydrogen) atoms. The highest BCUT2D eigenvalue weighted by molar-refractivity contribution is 6.22. The van der Waals surface area contributed by atoms with Gasteiger partial charge in [0.15, 0.2) is 11.6 Å². The number of carbonyl (C=O) groups is 3. The van der Waals surface area contributed by atoms with Crippen LogP contribution in [-0.4, -0.2) is 72.4 Å². The van der Waals surface area contributed by atoms with Gasteiger partial charge in [0.25, 0.3) is 0 Å². The molecule has 1 aliphatic rings. The first-order valence-electron chi connectivity index (χ1n) is 10.9. The molecule has 176 valence electrons. The van der Waals surface area contributed by atoms with Crippen LogP contribution < -0.4 is 20.9 Å². The van der Waals surface area contributed by atoms with Crippen molar-refractivity contribution in [1.82, 2.24) is 19.8 Å². The second-order valence-corrected chi connectivity index (χ2v) is 7.97. The van der Waals surface area contributed by atoms with Gasteiger partial charge in [0.1, 0.15) is 0 Å². The molecule has 1 fully saturated rings. The molecule has 2 heterocycles. The summed E-state index contributed by atoms with van der Waals surface area (Å²) in [4.78, 5) is 45.5. The fraction of sp³-hybridized carbons (Fsp3) is 0.391. The van der Waals surface area contributed by atoms with Crippen molar-refractivity contribution in [2.24, 2.45) is 0 Å². The number of aryl methyl sites for hydroxylation is 1. The lowest BCUT2D eigenvalue weighted by molar-refractivity contribution is -0.115. The van der Waals surface area contributed by atoms with Crippen molar-refractivity contribution < 1.29 is 14.4 Å². The summed E-state index contributed by atoms with van der Waals surface area (Å²) in [6.07, 6.45) is 3.07. The van der Waals surface area contributed by atoms with E-state index in [-0.39, 0.29) is 12.3 Å². The topological polar surface area (TPSA) is 117 Å². The number of carbonyl (C=O) groups excluding carboxylic acids is 3. The Balaban J connectivity index is 1.63. The fourth-order valence-corrected chi connectivity index (χ4v) is 3.79. The number of ketones is 1. The summed E-state index contributed by atoms with van der Waals surface area (Å²) >= 11 is 0. The quantitative estimate of drug-likeness (QED) is 0.336. The van der Waals surface area contributed by atoms with Crippen molar-refractivity contribution in [2.75, 3.05) is 55.3 Å². The van der Waals surface area contributed by atoms with Crippen molar-refractivity contribution in [2.45, 2.75) is 19.9 Å². The van der Waals surface area contributed by atoms with Gasteiger partial charge in [-0.2, -0.15) is 4.98 Å². The number of imidazole rings is 1. The number of piperazine rings is 1. The van der Waals surface area contributed by atoms with Gasteiger partial charge in [-0.1, -0.05) is 31.7 Å². The zero-order valence-electron chi connectivity index (χ0n) is 19.2. The molecule has 2 aromatic rings. The van der Waals surface area contributed by atoms with Gasteiger partial charge in [0.2, 0.25) is 12.4 Å². The van der Waals surface area contributed by atoms with Gasteiger partial charge in [-0.25, -0.2) is 4.79 Å². The number of nitrogens with two attached hydrogens (primary N) is 1. The van der Waals surface area contributed by atoms with E-state index in [2.05, 4.69) is 33.6 Å². The predicted octanol–water partition coefficient (Wildman–Crippen LogP) is 1.58. The monoisotopic (exact) mass is 453 g/mol. The molecule has 10 heteroatoms. The molecule has 1 aliphatic heterocycles. The summed E-state index contributed by atoms with van der Waals surface area (Å²) < 4.78 is 2.01. The van der Waals surface area contributed by atoms with Gasteiger partial charge in [-0.05, 0) is 12.5 Å². The highest BCUT2D eigenvalue weighted by Crippen LogP contribution is 2.23. The number of nitrogens with one attached hydrogen (secondary N) is 1. The lowest BCUT2D eigenvalue weighted by Gasteiger charge is -2.35. The number of benzene rings is 1. The van der Waals surface area contributed by atoms with E-state index >= 15 is 0 Å². The van der Waals surface area contributed by atoms with Crippen LogP contribution in [0.4, 0.5) is 22.2 Å². The Kier molecular flexibility index (Phi) is 7.83. The first-order valence-corrected chi connectivity index (χ1v) is 10.9. The first kappa shape index (κ1) is 24.0. The van der Waals surface area contributed by atoms with E-state index in [9.17, 15) is 14.4 Å². The van der Waals surface area contributed by atoms with Gasteiger partial charge < -0.3 is 15.2 Å². The lowest BCUT2D eigenvalue weighted by atomic mass is 10.0. The SMILES string of the molecule is C=C(C(=O)CN1CCN(c2nc(N(C)C(=O)NC=O)cn2CCC)CC1)c1ccccc1N. The number of nitrogen functional groups attached to an aromatic ring is 1. The first-order chi connectivity index (χ1) is 15.8. The summed E-state index contributed by atoms with van der Waals surface area (Å²) in [6, 6.07) is 6.70. The third-order valence-electron chi connectivity index (χ3n) is 5.68. The molecule has 3 amide bonds. The number of aromatic nitrogens is 2. The molecule has 3 N–H and O–H groups in total. The van der Waals surface area contributed by atoms with Crippen LogP contribution in [0.2, 0.25) is 0 Å². The molecule has 1 saturated heterocycles. The van der Waals surface area contributed by atoms with E-state index in [0.717, 1.165) is 18.9 Å². The van der Waals surface area contributed by atoms with Crippen LogP contribution in [0.5, 0.6) is 0 Å². The Morgan fingerprint density at radius 2 is 1.94 bits per heavy atom. The summed E-state index contributed by atoms with van der Waals surface area (Å²) in [7, 11) is 1.57. The Bertz CT molecular complexity index is 1020. The van der Waals surface area contributed by atoms with Gasteiger partial charge >= 0.3 is 6.03 Å². The molecule has 0 atom stereocenters. The number of amides is 3. The van der Waals surface area contributed by atoms with Crippen molar-refractivity contribution >= 4 is 41.3 Å². The summed E-state index contributed by atoms with van der Waals surface area (Å²) in [6.45, 7) is 9.83. The lowest BCUT2D eigenvalue weighted by Crippen LogP contribution is -2.48. The summed E-state index contributed by atoms with van der Waals surface area (Å²) in [5.74, 6) is 1.19. The number of imide groups is 1. The average Bonchev–Trinajstić information content (AvgIpc) is 3.23. The van der Waals surface area contributed by atoms with Crippen molar-refractivity contribution in [3.05, 3.63) is 42.6 Å². The Morgan fingerprint density at radius 1 is 1.24 bits per heavy atom. The van der Waals surface area contributed by atoms with Crippen LogP contribution in [-0.2, 0) is 16.1 Å². The van der Waals surface area contributed by atoms with Crippen LogP contribution >= 0.6 is 0 Å². The number of hydrogen-bond donors (Lipinski definition) is 2. The van der Waals surface area contributed by atoms with Gasteiger partial charge in [0, 0.05) is 56.6 Å². The van der Waals surface area contributed by atoms with Gasteiger partial charge in [0.05, 0.1) is 12.7 Å². The normalized spacial score (nSPS) is 14.1. The van der Waals surface area contributed by atoms with E-state index in [0.29, 0.717) is 55.2 Å². The molecule has 1 aromatic carbocycles. The predicted molar refractivity (Wildman–Crippen MR) is 129 cm³/mol. The van der Waals surface area contributed by atoms with Gasteiger partial charge in [-0.3, -0.25) is 24.7 Å². The van der Waals surface area contributed by atoms with E-state index < -0.39 is 6.03 Å². The Morgan fingerprint density at radius 3 is 2.58 bits per heavy atom. The third-order valence-corrected chi connectivity index (χ3v) is 5.68. The largest absolute Gasteiger partial charge is 0.398 e. The molecule has 0 radical (unpaired) electrons. The minimum absolute atomic E-state index is 0.0427. The molecule has 0 spiro atoms. The van der Waals surface area contributed by atoms with Crippen molar-refractivity contribution in [3.63, 3.8) is 0 Å². The minimum Gasteiger partial charge on any atom is -0.398 e. The molecular weight excluding hydrogens is 422 g/mol. The van der Waals surface area contributed by atoms with Crippen LogP contribution in [0.1, 0.15) is 18.9 Å². The van der Waals surface area contributed by atoms with Crippen LogP contribution in [0, 0.1) is 0 Å². The van der Waals surface area contributed by atoms with Gasteiger partial charge in [-0.15, -0.1) is 0 Å². The number of hydrogen-bond acceptors (Lipinski definition) is 7. The Hall–Kier alpha value is -3.66. The maximum atomic E-state index is 12.8. The number of rotatable bonds is 9. The molecular formula is C23H31N7O3. The summed E-state index contributed by atoms with van der Waals surface area (Å²) in [5.41, 5.74) is 7.64. The number of Topliss-reactive ketones (excluding diaryl/α,β-unsaturated/α-hetero) is 1. The highest BCUT2D eigenvalue weighted by atomic mass is 16.2. The number of para-hydroxylation sites is 1. The average molecular weight is 454 g/mol. The maximum Gasteiger partial charge on any atom is 0.329 e. The molecule has 3 rings (SSSR count). The fourth-order valence-electron chi connectivity index (χ4n) is 3.79. The molecule has 0 aliphatic carbocycles. The number of urea groups is 1. The van der Waals surface area contributed by atoms with E-state index in [1.54, 1.807) is 13.1 Å². The van der Waals surface area contributed by atoms with E-state index in [1.807, 2.05) is 29.0 Å².